The molecule has 1 saturated heterocycles. The van der Waals surface area contributed by atoms with E-state index in [-0.39, 0.29) is 18.4 Å². The Morgan fingerprint density at radius 2 is 2.27 bits per heavy atom. The number of carboxylic acid groups (broad SMARTS) is 1. The fourth-order valence-corrected chi connectivity index (χ4v) is 1.29. The number of aliphatic carboxylic acids is 1. The van der Waals surface area contributed by atoms with Crippen molar-refractivity contribution in [3.8, 4) is 0 Å². The average molecular weight is 157 g/mol. The zero-order valence-electron chi connectivity index (χ0n) is 6.57. The van der Waals surface area contributed by atoms with E-state index in [0.29, 0.717) is 0 Å². The first kappa shape index (κ1) is 8.04. The summed E-state index contributed by atoms with van der Waals surface area (Å²) >= 11 is 0. The van der Waals surface area contributed by atoms with E-state index in [1.807, 2.05) is 0 Å². The third-order valence-electron chi connectivity index (χ3n) is 2.30. The highest BCUT2D eigenvalue weighted by atomic mass is 16.4. The fourth-order valence-electron chi connectivity index (χ4n) is 1.29. The molecule has 1 heterocycles. The molecule has 4 heteroatoms. The second-order valence-corrected chi connectivity index (χ2v) is 2.89. The Bertz CT molecular complexity index is 202. The van der Waals surface area contributed by atoms with Gasteiger partial charge in [0.25, 0.3) is 0 Å². The summed E-state index contributed by atoms with van der Waals surface area (Å²) in [7, 11) is 1.63. The normalized spacial score (nSPS) is 31.1. The van der Waals surface area contributed by atoms with Gasteiger partial charge in [-0.25, -0.2) is 0 Å². The Balaban J connectivity index is 2.74. The number of carbonyl (C=O) groups is 2. The van der Waals surface area contributed by atoms with Crippen LogP contribution in [-0.4, -0.2) is 35.0 Å². The molecule has 4 nitrogen and oxygen atoms in total. The molecule has 0 aromatic carbocycles. The number of carboxylic acids is 1. The summed E-state index contributed by atoms with van der Waals surface area (Å²) in [5.41, 5.74) is 0. The molecule has 1 aliphatic rings. The van der Waals surface area contributed by atoms with Crippen LogP contribution < -0.4 is 0 Å². The maximum Gasteiger partial charge on any atom is 0.309 e. The predicted octanol–water partition coefficient (Wildman–Crippen LogP) is -0.0622. The molecule has 0 spiro atoms. The van der Waals surface area contributed by atoms with Crippen molar-refractivity contribution in [2.75, 3.05) is 7.05 Å². The van der Waals surface area contributed by atoms with Crippen molar-refractivity contribution in [1.29, 1.82) is 0 Å². The Labute approximate surface area is 64.8 Å². The lowest BCUT2D eigenvalue weighted by atomic mass is 10.0. The zero-order valence-corrected chi connectivity index (χ0v) is 6.57. The fraction of sp³-hybridized carbons (Fsp3) is 0.714. The molecular formula is C7H11NO3. The highest BCUT2D eigenvalue weighted by Crippen LogP contribution is 2.23. The van der Waals surface area contributed by atoms with E-state index < -0.39 is 11.9 Å². The van der Waals surface area contributed by atoms with Gasteiger partial charge in [0.15, 0.2) is 0 Å². The maximum absolute atomic E-state index is 11.0. The molecule has 1 amide bonds. The first-order chi connectivity index (χ1) is 5.04. The highest BCUT2D eigenvalue weighted by Gasteiger charge is 2.38. The molecule has 0 bridgehead atoms. The van der Waals surface area contributed by atoms with E-state index in [9.17, 15) is 9.59 Å². The van der Waals surface area contributed by atoms with Crippen LogP contribution >= 0.6 is 0 Å². The van der Waals surface area contributed by atoms with E-state index in [2.05, 4.69) is 0 Å². The number of hydrogen-bond acceptors (Lipinski definition) is 2. The Morgan fingerprint density at radius 1 is 1.73 bits per heavy atom. The molecule has 1 rings (SSSR count). The molecule has 0 radical (unpaired) electrons. The van der Waals surface area contributed by atoms with E-state index in [1.54, 1.807) is 14.0 Å². The summed E-state index contributed by atoms with van der Waals surface area (Å²) in [5.74, 6) is -1.48. The lowest BCUT2D eigenvalue weighted by Crippen LogP contribution is -2.31. The SMILES string of the molecule is C[C@@H]1[C@@H](C(=O)O)CC(=O)N1C. The first-order valence-electron chi connectivity index (χ1n) is 3.52. The quantitative estimate of drug-likeness (QED) is 0.580. The van der Waals surface area contributed by atoms with Gasteiger partial charge in [-0.15, -0.1) is 0 Å². The predicted molar refractivity (Wildman–Crippen MR) is 38.0 cm³/mol. The van der Waals surface area contributed by atoms with Crippen LogP contribution in [0.2, 0.25) is 0 Å². The average Bonchev–Trinajstić information content (AvgIpc) is 2.17. The van der Waals surface area contributed by atoms with Gasteiger partial charge in [-0.3, -0.25) is 9.59 Å². The van der Waals surface area contributed by atoms with E-state index in [4.69, 9.17) is 5.11 Å². The van der Waals surface area contributed by atoms with Gasteiger partial charge < -0.3 is 10.0 Å². The molecule has 0 aromatic rings. The van der Waals surface area contributed by atoms with Gasteiger partial charge in [-0.05, 0) is 6.92 Å². The zero-order chi connectivity index (χ0) is 8.59. The summed E-state index contributed by atoms with van der Waals surface area (Å²) in [6.07, 6.45) is 0.146. The van der Waals surface area contributed by atoms with Crippen molar-refractivity contribution in [3.63, 3.8) is 0 Å². The summed E-state index contributed by atoms with van der Waals surface area (Å²) in [5, 5.41) is 8.64. The number of likely N-dealkylation sites (tertiary alicyclic amines) is 1. The van der Waals surface area contributed by atoms with Gasteiger partial charge in [0.1, 0.15) is 0 Å². The number of carbonyl (C=O) groups excluding carboxylic acids is 1. The topological polar surface area (TPSA) is 57.6 Å². The van der Waals surface area contributed by atoms with Crippen LogP contribution in [0.5, 0.6) is 0 Å². The number of nitrogens with zero attached hydrogens (tertiary/aromatic N) is 1. The second kappa shape index (κ2) is 2.53. The van der Waals surface area contributed by atoms with Crippen molar-refractivity contribution in [2.45, 2.75) is 19.4 Å². The number of rotatable bonds is 1. The molecular weight excluding hydrogens is 146 g/mol. The molecule has 0 aliphatic carbocycles. The number of amides is 1. The summed E-state index contributed by atoms with van der Waals surface area (Å²) < 4.78 is 0. The van der Waals surface area contributed by atoms with Gasteiger partial charge in [-0.2, -0.15) is 0 Å². The Kier molecular flexibility index (Phi) is 1.85. The van der Waals surface area contributed by atoms with Gasteiger partial charge in [0.05, 0.1) is 5.92 Å². The van der Waals surface area contributed by atoms with Crippen LogP contribution in [0.4, 0.5) is 0 Å². The van der Waals surface area contributed by atoms with Crippen LogP contribution in [0, 0.1) is 5.92 Å². The third-order valence-corrected chi connectivity index (χ3v) is 2.30. The summed E-state index contributed by atoms with van der Waals surface area (Å²) in [4.78, 5) is 23.0. The van der Waals surface area contributed by atoms with Gasteiger partial charge in [0, 0.05) is 19.5 Å². The van der Waals surface area contributed by atoms with E-state index >= 15 is 0 Å². The van der Waals surface area contributed by atoms with Crippen molar-refractivity contribution in [2.24, 2.45) is 5.92 Å². The molecule has 0 unspecified atom stereocenters. The minimum absolute atomic E-state index is 0.0788. The van der Waals surface area contributed by atoms with Gasteiger partial charge in [0.2, 0.25) is 5.91 Å². The lowest BCUT2D eigenvalue weighted by Gasteiger charge is -2.17. The van der Waals surface area contributed by atoms with Gasteiger partial charge in [-0.1, -0.05) is 0 Å². The van der Waals surface area contributed by atoms with Crippen LogP contribution in [0.15, 0.2) is 0 Å². The third kappa shape index (κ3) is 1.20. The van der Waals surface area contributed by atoms with Crippen LogP contribution in [0.1, 0.15) is 13.3 Å². The lowest BCUT2D eigenvalue weighted by molar-refractivity contribution is -0.142. The van der Waals surface area contributed by atoms with Crippen LogP contribution in [-0.2, 0) is 9.59 Å². The van der Waals surface area contributed by atoms with Crippen molar-refractivity contribution >= 4 is 11.9 Å². The maximum atomic E-state index is 11.0. The molecule has 1 fully saturated rings. The monoisotopic (exact) mass is 157 g/mol. The minimum atomic E-state index is -0.879. The van der Waals surface area contributed by atoms with Crippen LogP contribution in [0.25, 0.3) is 0 Å². The molecule has 62 valence electrons. The van der Waals surface area contributed by atoms with Crippen molar-refractivity contribution in [1.82, 2.24) is 4.90 Å². The second-order valence-electron chi connectivity index (χ2n) is 2.89. The summed E-state index contributed by atoms with van der Waals surface area (Å²) in [6.45, 7) is 1.75. The highest BCUT2D eigenvalue weighted by molar-refractivity contribution is 5.86. The molecule has 1 aliphatic heterocycles. The van der Waals surface area contributed by atoms with E-state index in [1.165, 1.54) is 4.90 Å². The minimum Gasteiger partial charge on any atom is -0.481 e. The standard InChI is InChI=1S/C7H11NO3/c1-4-5(7(10)11)3-6(9)8(4)2/h4-5H,3H2,1-2H3,(H,10,11)/t4-,5+/m1/s1. The first-order valence-corrected chi connectivity index (χ1v) is 3.52. The van der Waals surface area contributed by atoms with E-state index in [0.717, 1.165) is 0 Å². The summed E-state index contributed by atoms with van der Waals surface area (Å²) in [6, 6.07) is -0.167. The molecule has 0 saturated carbocycles. The molecule has 1 N–H and O–H groups in total. The Morgan fingerprint density at radius 3 is 2.45 bits per heavy atom. The Hall–Kier alpha value is -1.06. The van der Waals surface area contributed by atoms with Crippen molar-refractivity contribution < 1.29 is 14.7 Å². The molecule has 2 atom stereocenters. The van der Waals surface area contributed by atoms with Gasteiger partial charge >= 0.3 is 5.97 Å². The van der Waals surface area contributed by atoms with Crippen molar-refractivity contribution in [3.05, 3.63) is 0 Å². The molecule has 0 aromatic heterocycles. The van der Waals surface area contributed by atoms with Crippen LogP contribution in [0.3, 0.4) is 0 Å². The largest absolute Gasteiger partial charge is 0.481 e. The number of hydrogen-bond donors (Lipinski definition) is 1. The molecule has 11 heavy (non-hydrogen) atoms. The smallest absolute Gasteiger partial charge is 0.309 e.